The number of fused-ring (bicyclic) bond motifs is 1. The Morgan fingerprint density at radius 2 is 1.75 bits per heavy atom. The maximum Gasteiger partial charge on any atom is 0.171 e. The number of furan rings is 1. The van der Waals surface area contributed by atoms with Gasteiger partial charge in [0, 0.05) is 17.9 Å². The van der Waals surface area contributed by atoms with Crippen LogP contribution in [0.4, 0.5) is 8.78 Å². The number of Topliss-reactive ketones (excluding diaryl/α,β-unsaturated/α-hetero) is 1. The summed E-state index contributed by atoms with van der Waals surface area (Å²) in [5, 5.41) is 0.703. The fraction of sp³-hybridized carbons (Fsp3) is 0.0625. The average molecular weight is 272 g/mol. The van der Waals surface area contributed by atoms with Crippen LogP contribution in [0, 0.1) is 11.6 Å². The Morgan fingerprint density at radius 1 is 1.05 bits per heavy atom. The second-order valence-corrected chi connectivity index (χ2v) is 4.52. The average Bonchev–Trinajstić information content (AvgIpc) is 2.81. The zero-order chi connectivity index (χ0) is 14.1. The molecule has 0 radical (unpaired) electrons. The molecule has 0 amide bonds. The quantitative estimate of drug-likeness (QED) is 0.671. The minimum absolute atomic E-state index is 0.0712. The van der Waals surface area contributed by atoms with Gasteiger partial charge in [-0.2, -0.15) is 0 Å². The van der Waals surface area contributed by atoms with E-state index in [9.17, 15) is 13.6 Å². The van der Waals surface area contributed by atoms with E-state index in [4.69, 9.17) is 4.42 Å². The normalized spacial score (nSPS) is 10.9. The molecule has 0 bridgehead atoms. The van der Waals surface area contributed by atoms with Crippen LogP contribution >= 0.6 is 0 Å². The number of ketones is 1. The van der Waals surface area contributed by atoms with E-state index in [1.54, 1.807) is 18.2 Å². The molecule has 4 heteroatoms. The number of carbonyl (C=O) groups is 1. The van der Waals surface area contributed by atoms with Gasteiger partial charge in [0.15, 0.2) is 5.78 Å². The third-order valence-corrected chi connectivity index (χ3v) is 3.07. The van der Waals surface area contributed by atoms with Gasteiger partial charge in [-0.1, -0.05) is 18.2 Å². The second-order valence-electron chi connectivity index (χ2n) is 4.52. The van der Waals surface area contributed by atoms with E-state index in [2.05, 4.69) is 0 Å². The summed E-state index contributed by atoms with van der Waals surface area (Å²) in [5.74, 6) is -1.62. The molecule has 0 aliphatic rings. The third kappa shape index (κ3) is 2.32. The van der Waals surface area contributed by atoms with Crippen molar-refractivity contribution in [2.24, 2.45) is 0 Å². The molecule has 0 saturated carbocycles. The molecule has 100 valence electrons. The van der Waals surface area contributed by atoms with Crippen LogP contribution in [0.3, 0.4) is 0 Å². The summed E-state index contributed by atoms with van der Waals surface area (Å²) >= 11 is 0. The lowest BCUT2D eigenvalue weighted by Gasteiger charge is -2.01. The molecule has 0 aliphatic carbocycles. The summed E-state index contributed by atoms with van der Waals surface area (Å²) in [6.07, 6.45) is 1.31. The highest BCUT2D eigenvalue weighted by Crippen LogP contribution is 2.22. The van der Waals surface area contributed by atoms with Crippen molar-refractivity contribution < 1.29 is 18.0 Å². The molecular formula is C16H10F2O2. The largest absolute Gasteiger partial charge is 0.464 e. The molecule has 0 spiro atoms. The predicted octanol–water partition coefficient (Wildman–Crippen LogP) is 4.14. The number of rotatable bonds is 3. The first-order chi connectivity index (χ1) is 9.63. The van der Waals surface area contributed by atoms with Crippen LogP contribution in [0.1, 0.15) is 15.9 Å². The molecule has 0 fully saturated rings. The first kappa shape index (κ1) is 12.5. The molecule has 1 heterocycles. The SMILES string of the molecule is O=C(Cc1cc(F)cc(F)c1)c1coc2ccccc12. The highest BCUT2D eigenvalue weighted by Gasteiger charge is 2.14. The van der Waals surface area contributed by atoms with Crippen LogP contribution in [0.25, 0.3) is 11.0 Å². The van der Waals surface area contributed by atoms with Crippen molar-refractivity contribution in [1.29, 1.82) is 0 Å². The summed E-state index contributed by atoms with van der Waals surface area (Å²) in [6, 6.07) is 10.2. The Bertz CT molecular complexity index is 770. The van der Waals surface area contributed by atoms with Crippen molar-refractivity contribution >= 4 is 16.8 Å². The Kier molecular flexibility index (Phi) is 3.06. The van der Waals surface area contributed by atoms with Crippen LogP contribution in [-0.2, 0) is 6.42 Å². The zero-order valence-electron chi connectivity index (χ0n) is 10.4. The molecular weight excluding hydrogens is 262 g/mol. The van der Waals surface area contributed by atoms with Crippen molar-refractivity contribution in [3.63, 3.8) is 0 Å². The highest BCUT2D eigenvalue weighted by molar-refractivity contribution is 6.07. The number of benzene rings is 2. The molecule has 0 unspecified atom stereocenters. The van der Waals surface area contributed by atoms with E-state index in [1.807, 2.05) is 6.07 Å². The predicted molar refractivity (Wildman–Crippen MR) is 70.6 cm³/mol. The highest BCUT2D eigenvalue weighted by atomic mass is 19.1. The molecule has 0 atom stereocenters. The fourth-order valence-electron chi connectivity index (χ4n) is 2.19. The Morgan fingerprint density at radius 3 is 2.50 bits per heavy atom. The van der Waals surface area contributed by atoms with Crippen molar-refractivity contribution in [1.82, 2.24) is 0 Å². The third-order valence-electron chi connectivity index (χ3n) is 3.07. The number of halogens is 2. The zero-order valence-corrected chi connectivity index (χ0v) is 10.4. The monoisotopic (exact) mass is 272 g/mol. The lowest BCUT2D eigenvalue weighted by molar-refractivity contribution is 0.0993. The maximum atomic E-state index is 13.1. The Labute approximate surface area is 113 Å². The van der Waals surface area contributed by atoms with Crippen LogP contribution in [0.5, 0.6) is 0 Å². The van der Waals surface area contributed by atoms with Gasteiger partial charge in [0.25, 0.3) is 0 Å². The van der Waals surface area contributed by atoms with Crippen molar-refractivity contribution in [3.05, 3.63) is 71.5 Å². The van der Waals surface area contributed by atoms with Crippen LogP contribution in [-0.4, -0.2) is 5.78 Å². The van der Waals surface area contributed by atoms with E-state index >= 15 is 0 Å². The molecule has 1 aromatic heterocycles. The van der Waals surface area contributed by atoms with Crippen LogP contribution in [0.15, 0.2) is 53.1 Å². The molecule has 2 aromatic carbocycles. The molecule has 3 aromatic rings. The molecule has 0 N–H and O–H groups in total. The molecule has 2 nitrogen and oxygen atoms in total. The molecule has 0 aliphatic heterocycles. The minimum atomic E-state index is -0.690. The van der Waals surface area contributed by atoms with Crippen LogP contribution in [0.2, 0.25) is 0 Å². The van der Waals surface area contributed by atoms with E-state index in [1.165, 1.54) is 6.26 Å². The van der Waals surface area contributed by atoms with Gasteiger partial charge in [-0.05, 0) is 23.8 Å². The first-order valence-corrected chi connectivity index (χ1v) is 6.08. The van der Waals surface area contributed by atoms with Gasteiger partial charge in [0.2, 0.25) is 0 Å². The van der Waals surface area contributed by atoms with Gasteiger partial charge in [-0.3, -0.25) is 4.79 Å². The summed E-state index contributed by atoms with van der Waals surface area (Å²) in [5.41, 5.74) is 1.34. The molecule has 20 heavy (non-hydrogen) atoms. The summed E-state index contributed by atoms with van der Waals surface area (Å²) < 4.78 is 31.5. The van der Waals surface area contributed by atoms with Gasteiger partial charge >= 0.3 is 0 Å². The van der Waals surface area contributed by atoms with Gasteiger partial charge in [-0.15, -0.1) is 0 Å². The fourth-order valence-corrected chi connectivity index (χ4v) is 2.19. The summed E-state index contributed by atoms with van der Waals surface area (Å²) in [4.78, 5) is 12.2. The lowest BCUT2D eigenvalue weighted by atomic mass is 10.0. The molecule has 0 saturated heterocycles. The van der Waals surface area contributed by atoms with E-state index in [0.717, 1.165) is 18.2 Å². The van der Waals surface area contributed by atoms with Gasteiger partial charge in [0.05, 0.1) is 5.56 Å². The minimum Gasteiger partial charge on any atom is -0.464 e. The second kappa shape index (κ2) is 4.89. The Balaban J connectivity index is 1.93. The van der Waals surface area contributed by atoms with Gasteiger partial charge < -0.3 is 4.42 Å². The number of hydrogen-bond donors (Lipinski definition) is 0. The van der Waals surface area contributed by atoms with Crippen LogP contribution < -0.4 is 0 Å². The Hall–Kier alpha value is -2.49. The van der Waals surface area contributed by atoms with Crippen molar-refractivity contribution in [2.45, 2.75) is 6.42 Å². The number of hydrogen-bond acceptors (Lipinski definition) is 2. The van der Waals surface area contributed by atoms with E-state index in [-0.39, 0.29) is 12.2 Å². The first-order valence-electron chi connectivity index (χ1n) is 6.08. The van der Waals surface area contributed by atoms with Crippen molar-refractivity contribution in [3.8, 4) is 0 Å². The molecule has 3 rings (SSSR count). The number of carbonyl (C=O) groups excluding carboxylic acids is 1. The standard InChI is InChI=1S/C16H10F2O2/c17-11-5-10(6-12(18)8-11)7-15(19)14-9-20-16-4-2-1-3-13(14)16/h1-6,8-9H,7H2. The lowest BCUT2D eigenvalue weighted by Crippen LogP contribution is -2.03. The smallest absolute Gasteiger partial charge is 0.171 e. The van der Waals surface area contributed by atoms with Gasteiger partial charge in [0.1, 0.15) is 23.5 Å². The van der Waals surface area contributed by atoms with E-state index in [0.29, 0.717) is 22.1 Å². The maximum absolute atomic E-state index is 13.1. The topological polar surface area (TPSA) is 30.2 Å². The van der Waals surface area contributed by atoms with E-state index < -0.39 is 11.6 Å². The summed E-state index contributed by atoms with van der Waals surface area (Å²) in [6.45, 7) is 0. The summed E-state index contributed by atoms with van der Waals surface area (Å²) in [7, 11) is 0. The van der Waals surface area contributed by atoms with Crippen molar-refractivity contribution in [2.75, 3.05) is 0 Å². The van der Waals surface area contributed by atoms with Gasteiger partial charge in [-0.25, -0.2) is 8.78 Å². The number of para-hydroxylation sites is 1.